The fraction of sp³-hybridized carbons (Fsp3) is 0.0625. The number of aromatic nitrogens is 2. The number of para-hydroxylation sites is 2. The number of carboxylic acid groups (broad SMARTS) is 1. The molecule has 0 unspecified atom stereocenters. The second-order valence-corrected chi connectivity index (χ2v) is 8.17. The summed E-state index contributed by atoms with van der Waals surface area (Å²) in [5.41, 5.74) is 7.55. The highest BCUT2D eigenvalue weighted by Crippen LogP contribution is 2.45. The lowest BCUT2D eigenvalue weighted by molar-refractivity contribution is 0.0697. The van der Waals surface area contributed by atoms with Gasteiger partial charge in [0.15, 0.2) is 0 Å². The molecule has 0 atom stereocenters. The van der Waals surface area contributed by atoms with Gasteiger partial charge in [-0.3, -0.25) is 0 Å². The number of fused-ring (bicyclic) bond motifs is 3. The molecule has 190 valence electrons. The van der Waals surface area contributed by atoms with Gasteiger partial charge in [-0.2, -0.15) is 0 Å². The highest BCUT2D eigenvalue weighted by molar-refractivity contribution is 6.07. The molecule has 0 fully saturated rings. The lowest BCUT2D eigenvalue weighted by Gasteiger charge is -2.22. The Morgan fingerprint density at radius 3 is 1.89 bits per heavy atom. The lowest BCUT2D eigenvalue weighted by atomic mass is 9.94. The molecule has 4 aromatic rings. The molecule has 38 heavy (non-hydrogen) atoms. The third-order valence-corrected chi connectivity index (χ3v) is 6.16. The van der Waals surface area contributed by atoms with Crippen molar-refractivity contribution in [2.24, 2.45) is 0 Å². The van der Waals surface area contributed by atoms with Crippen molar-refractivity contribution in [3.05, 3.63) is 121 Å². The second-order valence-electron chi connectivity index (χ2n) is 8.17. The van der Waals surface area contributed by atoms with Crippen LogP contribution in [-0.2, 0) is 0 Å². The first-order valence-corrected chi connectivity index (χ1v) is 12.0. The second kappa shape index (κ2) is 12.0. The first kappa shape index (κ1) is 26.3. The van der Waals surface area contributed by atoms with Crippen LogP contribution in [0.25, 0.3) is 50.2 Å². The monoisotopic (exact) mass is 504 g/mol. The van der Waals surface area contributed by atoms with Crippen molar-refractivity contribution < 1.29 is 20.1 Å². The van der Waals surface area contributed by atoms with Crippen LogP contribution in [0, 0.1) is 0 Å². The molecule has 6 nitrogen and oxygen atoms in total. The largest absolute Gasteiger partial charge is 0.478 e. The number of hydrogen-bond donors (Lipinski definition) is 3. The normalized spacial score (nSPS) is 10.3. The van der Waals surface area contributed by atoms with E-state index in [0.29, 0.717) is 5.69 Å². The van der Waals surface area contributed by atoms with Gasteiger partial charge in [0, 0.05) is 36.9 Å². The van der Waals surface area contributed by atoms with Crippen molar-refractivity contribution in [1.82, 2.24) is 9.55 Å². The Kier molecular flexibility index (Phi) is 8.28. The molecule has 0 aliphatic carbocycles. The van der Waals surface area contributed by atoms with E-state index in [9.17, 15) is 9.90 Å². The first-order chi connectivity index (χ1) is 18.7. The van der Waals surface area contributed by atoms with Crippen molar-refractivity contribution in [2.75, 3.05) is 14.2 Å². The number of nitrogens with zero attached hydrogens (tertiary/aromatic N) is 2. The average molecular weight is 505 g/mol. The predicted octanol–water partition coefficient (Wildman–Crippen LogP) is 6.38. The van der Waals surface area contributed by atoms with Gasteiger partial charge in [-0.1, -0.05) is 91.0 Å². The molecule has 3 N–H and O–H groups in total. The van der Waals surface area contributed by atoms with Gasteiger partial charge in [-0.15, -0.1) is 0 Å². The number of pyridine rings is 1. The fourth-order valence-electron chi connectivity index (χ4n) is 4.66. The van der Waals surface area contributed by atoms with E-state index in [-0.39, 0.29) is 5.56 Å². The Morgan fingerprint density at radius 2 is 1.24 bits per heavy atom. The summed E-state index contributed by atoms with van der Waals surface area (Å²) in [5.74, 6) is -0.964. The summed E-state index contributed by atoms with van der Waals surface area (Å²) in [5, 5.41) is 25.0. The molecule has 0 saturated heterocycles. The van der Waals surface area contributed by atoms with Crippen LogP contribution >= 0.6 is 0 Å². The molecule has 0 bridgehead atoms. The van der Waals surface area contributed by atoms with E-state index < -0.39 is 5.97 Å². The molecule has 6 heteroatoms. The zero-order chi connectivity index (χ0) is 27.1. The van der Waals surface area contributed by atoms with Crippen LogP contribution in [-0.4, -0.2) is 45.1 Å². The number of rotatable bonds is 4. The van der Waals surface area contributed by atoms with Crippen molar-refractivity contribution in [1.29, 1.82) is 0 Å². The summed E-state index contributed by atoms with van der Waals surface area (Å²) in [6, 6.07) is 35.4. The van der Waals surface area contributed by atoms with Gasteiger partial charge in [0.05, 0.1) is 28.2 Å². The number of benzene rings is 4. The van der Waals surface area contributed by atoms with Crippen LogP contribution in [0.2, 0.25) is 0 Å². The fourth-order valence-corrected chi connectivity index (χ4v) is 4.66. The maximum absolute atomic E-state index is 12.2. The Morgan fingerprint density at radius 1 is 0.684 bits per heavy atom. The van der Waals surface area contributed by atoms with Crippen LogP contribution in [0.5, 0.6) is 0 Å². The minimum atomic E-state index is -0.964. The first-order valence-electron chi connectivity index (χ1n) is 12.0. The topological polar surface area (TPSA) is 95.6 Å². The van der Waals surface area contributed by atoms with Crippen LogP contribution in [0.4, 0.5) is 0 Å². The molecule has 0 spiro atoms. The SMILES string of the molecule is CO.CO.O=C(O)c1ccccc1-n1cc(-c2ccccc2)c2nc3ccccc3c-2c1-c1ccccc1. The van der Waals surface area contributed by atoms with E-state index in [2.05, 4.69) is 30.3 Å². The third-order valence-electron chi connectivity index (χ3n) is 6.16. The molecule has 2 heterocycles. The van der Waals surface area contributed by atoms with Crippen LogP contribution in [0.1, 0.15) is 10.4 Å². The molecular formula is C32H28N2O4. The van der Waals surface area contributed by atoms with E-state index in [1.807, 2.05) is 77.5 Å². The van der Waals surface area contributed by atoms with E-state index in [1.54, 1.807) is 12.1 Å². The number of aromatic carboxylic acids is 1. The maximum atomic E-state index is 12.2. The highest BCUT2D eigenvalue weighted by atomic mass is 16.4. The van der Waals surface area contributed by atoms with Crippen LogP contribution in [0.3, 0.4) is 0 Å². The summed E-state index contributed by atoms with van der Waals surface area (Å²) in [6.07, 6.45) is 2.02. The summed E-state index contributed by atoms with van der Waals surface area (Å²) in [4.78, 5) is 17.2. The predicted molar refractivity (Wildman–Crippen MR) is 152 cm³/mol. The number of aliphatic hydroxyl groups excluding tert-OH is 2. The molecule has 0 radical (unpaired) electrons. The summed E-state index contributed by atoms with van der Waals surface area (Å²) < 4.78 is 2.01. The summed E-state index contributed by atoms with van der Waals surface area (Å²) in [6.45, 7) is 0. The summed E-state index contributed by atoms with van der Waals surface area (Å²) in [7, 11) is 2.00. The van der Waals surface area contributed by atoms with Gasteiger partial charge in [0.2, 0.25) is 0 Å². The van der Waals surface area contributed by atoms with E-state index in [1.165, 1.54) is 0 Å². The van der Waals surface area contributed by atoms with Gasteiger partial charge >= 0.3 is 5.97 Å². The van der Waals surface area contributed by atoms with Crippen LogP contribution < -0.4 is 0 Å². The molecule has 2 aliphatic rings. The molecule has 6 rings (SSSR count). The van der Waals surface area contributed by atoms with Gasteiger partial charge in [-0.25, -0.2) is 9.78 Å². The van der Waals surface area contributed by atoms with Crippen molar-refractivity contribution >= 4 is 16.9 Å². The van der Waals surface area contributed by atoms with Crippen LogP contribution in [0.15, 0.2) is 115 Å². The molecule has 0 amide bonds. The van der Waals surface area contributed by atoms with Crippen molar-refractivity contribution in [2.45, 2.75) is 0 Å². The molecular weight excluding hydrogens is 476 g/mol. The minimum Gasteiger partial charge on any atom is -0.478 e. The highest BCUT2D eigenvalue weighted by Gasteiger charge is 2.26. The van der Waals surface area contributed by atoms with E-state index in [0.717, 1.165) is 58.8 Å². The zero-order valence-corrected chi connectivity index (χ0v) is 21.1. The molecule has 0 aromatic heterocycles. The summed E-state index contributed by atoms with van der Waals surface area (Å²) >= 11 is 0. The quantitative estimate of drug-likeness (QED) is 0.259. The number of carbonyl (C=O) groups is 1. The molecule has 2 aliphatic heterocycles. The van der Waals surface area contributed by atoms with Gasteiger partial charge in [-0.05, 0) is 29.3 Å². The Balaban J connectivity index is 0.000000804. The molecule has 4 aromatic carbocycles. The lowest BCUT2D eigenvalue weighted by Crippen LogP contribution is -2.10. The maximum Gasteiger partial charge on any atom is 0.337 e. The number of carboxylic acids is 1. The standard InChI is InChI=1S/C30H20N2O2.2CH4O/c33-30(34)23-16-8-10-18-26(23)32-19-24(20-11-3-1-4-12-20)28-27(22-15-7-9-17-25(22)31-28)29(32)21-13-5-2-6-14-21;2*1-2/h1-19H,(H,33,34);2*2H,1H3. The zero-order valence-electron chi connectivity index (χ0n) is 21.1. The van der Waals surface area contributed by atoms with E-state index in [4.69, 9.17) is 15.2 Å². The van der Waals surface area contributed by atoms with Gasteiger partial charge in [0.25, 0.3) is 0 Å². The number of aliphatic hydroxyl groups is 2. The van der Waals surface area contributed by atoms with Crippen molar-refractivity contribution in [3.63, 3.8) is 0 Å². The number of hydrogen-bond acceptors (Lipinski definition) is 4. The Hall–Kier alpha value is -4.78. The average Bonchev–Trinajstić information content (AvgIpc) is 3.39. The third kappa shape index (κ3) is 4.78. The smallest absolute Gasteiger partial charge is 0.337 e. The van der Waals surface area contributed by atoms with Crippen molar-refractivity contribution in [3.8, 4) is 39.3 Å². The van der Waals surface area contributed by atoms with E-state index >= 15 is 0 Å². The molecule has 0 saturated carbocycles. The minimum absolute atomic E-state index is 0.242. The van der Waals surface area contributed by atoms with Gasteiger partial charge in [0.1, 0.15) is 0 Å². The Bertz CT molecular complexity index is 1630. The van der Waals surface area contributed by atoms with Gasteiger partial charge < -0.3 is 19.9 Å². The Labute approximate surface area is 221 Å².